The summed E-state index contributed by atoms with van der Waals surface area (Å²) in [6.45, 7) is 3.53. The molecular formula is C16H15N5O5. The second kappa shape index (κ2) is 6.67. The van der Waals surface area contributed by atoms with E-state index in [2.05, 4.69) is 22.1 Å². The summed E-state index contributed by atoms with van der Waals surface area (Å²) in [4.78, 5) is 36.3. The normalized spacial score (nSPS) is 16.0. The molecule has 1 aromatic heterocycles. The summed E-state index contributed by atoms with van der Waals surface area (Å²) in [5, 5.41) is 25.1. The molecule has 0 radical (unpaired) electrons. The summed E-state index contributed by atoms with van der Waals surface area (Å²) in [5.41, 5.74) is 2.26. The minimum atomic E-state index is -0.741. The number of aromatic hydroxyl groups is 1. The highest BCUT2D eigenvalue weighted by Gasteiger charge is 2.27. The molecule has 0 saturated carbocycles. The number of hydrogen-bond donors (Lipinski definition) is 3. The van der Waals surface area contributed by atoms with Gasteiger partial charge in [-0.1, -0.05) is 18.2 Å². The Hall–Kier alpha value is -3.69. The summed E-state index contributed by atoms with van der Waals surface area (Å²) in [6.07, 6.45) is 1.68. The first-order chi connectivity index (χ1) is 12.4. The minimum Gasteiger partial charge on any atom is -0.494 e. The fourth-order valence-corrected chi connectivity index (χ4v) is 2.74. The van der Waals surface area contributed by atoms with Gasteiger partial charge < -0.3 is 10.5 Å². The Bertz CT molecular complexity index is 1020. The predicted octanol–water partition coefficient (Wildman–Crippen LogP) is 0.775. The van der Waals surface area contributed by atoms with Crippen molar-refractivity contribution in [1.82, 2.24) is 15.0 Å². The number of nitro benzene ring substituents is 1. The fraction of sp³-hybridized carbons (Fsp3) is 0.188. The van der Waals surface area contributed by atoms with Gasteiger partial charge in [0.15, 0.2) is 0 Å². The molecule has 3 N–H and O–H groups in total. The molecule has 1 aromatic carbocycles. The van der Waals surface area contributed by atoms with Gasteiger partial charge in [0.2, 0.25) is 5.88 Å². The van der Waals surface area contributed by atoms with Crippen LogP contribution in [0.4, 0.5) is 5.69 Å². The third-order valence-electron chi connectivity index (χ3n) is 4.03. The van der Waals surface area contributed by atoms with Crippen LogP contribution in [0.2, 0.25) is 0 Å². The third kappa shape index (κ3) is 2.99. The topological polar surface area (TPSA) is 143 Å². The van der Waals surface area contributed by atoms with Crippen LogP contribution in [0.5, 0.6) is 5.88 Å². The van der Waals surface area contributed by atoms with Gasteiger partial charge in [-0.05, 0) is 5.56 Å². The van der Waals surface area contributed by atoms with Crippen LogP contribution >= 0.6 is 0 Å². The Labute approximate surface area is 146 Å². The Morgan fingerprint density at radius 2 is 2.08 bits per heavy atom. The van der Waals surface area contributed by atoms with Crippen molar-refractivity contribution in [2.75, 3.05) is 0 Å². The predicted molar refractivity (Wildman–Crippen MR) is 93.3 cm³/mol. The number of nitro groups is 1. The highest BCUT2D eigenvalue weighted by atomic mass is 16.6. The van der Waals surface area contributed by atoms with Crippen molar-refractivity contribution >= 4 is 11.4 Å². The number of hydrogen-bond acceptors (Lipinski definition) is 7. The Kier molecular flexibility index (Phi) is 4.40. The first kappa shape index (κ1) is 17.1. The van der Waals surface area contributed by atoms with E-state index in [1.54, 1.807) is 12.1 Å². The van der Waals surface area contributed by atoms with Crippen molar-refractivity contribution in [3.63, 3.8) is 0 Å². The third-order valence-corrected chi connectivity index (χ3v) is 4.03. The van der Waals surface area contributed by atoms with Crippen molar-refractivity contribution in [1.29, 1.82) is 0 Å². The zero-order valence-corrected chi connectivity index (χ0v) is 13.5. The summed E-state index contributed by atoms with van der Waals surface area (Å²) >= 11 is 0. The maximum atomic E-state index is 12.1. The van der Waals surface area contributed by atoms with E-state index in [-0.39, 0.29) is 36.0 Å². The molecule has 10 heteroatoms. The zero-order valence-electron chi connectivity index (χ0n) is 13.5. The van der Waals surface area contributed by atoms with Crippen LogP contribution in [0, 0.1) is 10.1 Å². The molecule has 0 fully saturated rings. The number of benzene rings is 1. The molecule has 0 amide bonds. The standard InChI is InChI=1S/C16H15N5O5/c1-2-7-20-15(23)13(14(22)17-16(20)24)12-8-11(18-19-12)9-3-5-10(6-4-9)21(25)26/h2-6,11,18,23H,1,7-8H2,(H,17,22,24). The van der Waals surface area contributed by atoms with Gasteiger partial charge in [0.25, 0.3) is 11.2 Å². The number of aromatic nitrogens is 2. The molecule has 2 heterocycles. The number of nitrogens with zero attached hydrogens (tertiary/aromatic N) is 3. The minimum absolute atomic E-state index is 0.0287. The van der Waals surface area contributed by atoms with Gasteiger partial charge in [0, 0.05) is 25.1 Å². The fourth-order valence-electron chi connectivity index (χ4n) is 2.74. The largest absolute Gasteiger partial charge is 0.494 e. The lowest BCUT2D eigenvalue weighted by molar-refractivity contribution is -0.384. The zero-order chi connectivity index (χ0) is 18.8. The van der Waals surface area contributed by atoms with Gasteiger partial charge >= 0.3 is 5.69 Å². The van der Waals surface area contributed by atoms with Gasteiger partial charge in [-0.2, -0.15) is 5.10 Å². The number of non-ortho nitro benzene ring substituents is 1. The number of rotatable bonds is 5. The van der Waals surface area contributed by atoms with Crippen LogP contribution in [-0.2, 0) is 6.54 Å². The van der Waals surface area contributed by atoms with E-state index >= 15 is 0 Å². The number of hydrazone groups is 1. The van der Waals surface area contributed by atoms with Crippen molar-refractivity contribution in [2.45, 2.75) is 19.0 Å². The average Bonchev–Trinajstić information content (AvgIpc) is 3.08. The summed E-state index contributed by atoms with van der Waals surface area (Å²) in [7, 11) is 0. The van der Waals surface area contributed by atoms with E-state index in [0.29, 0.717) is 0 Å². The van der Waals surface area contributed by atoms with E-state index in [1.165, 1.54) is 18.2 Å². The van der Waals surface area contributed by atoms with Crippen LogP contribution in [0.25, 0.3) is 0 Å². The van der Waals surface area contributed by atoms with Crippen LogP contribution in [0.15, 0.2) is 51.6 Å². The van der Waals surface area contributed by atoms with Gasteiger partial charge in [-0.15, -0.1) is 6.58 Å². The summed E-state index contributed by atoms with van der Waals surface area (Å²) < 4.78 is 0.978. The highest BCUT2D eigenvalue weighted by molar-refractivity contribution is 6.03. The maximum Gasteiger partial charge on any atom is 0.331 e. The van der Waals surface area contributed by atoms with E-state index in [9.17, 15) is 24.8 Å². The molecule has 10 nitrogen and oxygen atoms in total. The van der Waals surface area contributed by atoms with Gasteiger partial charge in [0.1, 0.15) is 5.56 Å². The molecule has 0 spiro atoms. The Balaban J connectivity index is 1.90. The second-order valence-electron chi connectivity index (χ2n) is 5.65. The molecule has 3 rings (SSSR count). The first-order valence-electron chi connectivity index (χ1n) is 7.66. The highest BCUT2D eigenvalue weighted by Crippen LogP contribution is 2.27. The smallest absolute Gasteiger partial charge is 0.331 e. The molecule has 134 valence electrons. The van der Waals surface area contributed by atoms with E-state index in [4.69, 9.17) is 0 Å². The second-order valence-corrected chi connectivity index (χ2v) is 5.65. The Morgan fingerprint density at radius 1 is 1.38 bits per heavy atom. The lowest BCUT2D eigenvalue weighted by Crippen LogP contribution is -2.33. The molecule has 2 aromatic rings. The maximum absolute atomic E-state index is 12.1. The number of nitrogens with one attached hydrogen (secondary N) is 2. The van der Waals surface area contributed by atoms with Crippen LogP contribution in [-0.4, -0.2) is 25.3 Å². The quantitative estimate of drug-likeness (QED) is 0.410. The summed E-state index contributed by atoms with van der Waals surface area (Å²) in [6, 6.07) is 5.63. The van der Waals surface area contributed by atoms with Gasteiger partial charge in [-0.3, -0.25) is 24.5 Å². The van der Waals surface area contributed by atoms with E-state index in [0.717, 1.165) is 10.1 Å². The molecule has 0 bridgehead atoms. The molecular weight excluding hydrogens is 342 g/mol. The molecule has 26 heavy (non-hydrogen) atoms. The van der Waals surface area contributed by atoms with Crippen molar-refractivity contribution in [3.05, 3.63) is 79.0 Å². The lowest BCUT2D eigenvalue weighted by atomic mass is 10.00. The van der Waals surface area contributed by atoms with Crippen molar-refractivity contribution in [3.8, 4) is 5.88 Å². The molecule has 1 aliphatic rings. The van der Waals surface area contributed by atoms with Crippen LogP contribution in [0.1, 0.15) is 23.6 Å². The van der Waals surface area contributed by atoms with Gasteiger partial charge in [-0.25, -0.2) is 4.79 Å². The average molecular weight is 357 g/mol. The van der Waals surface area contributed by atoms with Crippen LogP contribution in [0.3, 0.4) is 0 Å². The SMILES string of the molecule is C=CCn1c(O)c(C2=NNC(c3ccc([N+](=O)[O-])cc3)C2)c(=O)[nH]c1=O. The molecule has 1 unspecified atom stereocenters. The monoisotopic (exact) mass is 357 g/mol. The summed E-state index contributed by atoms with van der Waals surface area (Å²) in [5.74, 6) is -0.483. The molecule has 0 saturated heterocycles. The number of H-pyrrole nitrogens is 1. The van der Waals surface area contributed by atoms with Gasteiger partial charge in [0.05, 0.1) is 16.7 Å². The van der Waals surface area contributed by atoms with E-state index < -0.39 is 22.1 Å². The lowest BCUT2D eigenvalue weighted by Gasteiger charge is -2.11. The van der Waals surface area contributed by atoms with Crippen molar-refractivity contribution < 1.29 is 10.0 Å². The number of allylic oxidation sites excluding steroid dienone is 1. The Morgan fingerprint density at radius 3 is 2.69 bits per heavy atom. The first-order valence-corrected chi connectivity index (χ1v) is 7.66. The molecule has 1 aliphatic heterocycles. The van der Waals surface area contributed by atoms with E-state index in [1.807, 2.05) is 0 Å². The van der Waals surface area contributed by atoms with Crippen LogP contribution < -0.4 is 16.7 Å². The molecule has 1 atom stereocenters. The van der Waals surface area contributed by atoms with Crippen molar-refractivity contribution in [2.24, 2.45) is 5.10 Å². The number of aromatic amines is 1. The molecule has 0 aliphatic carbocycles.